The van der Waals surface area contributed by atoms with Crippen LogP contribution in [0.4, 0.5) is 0 Å². The number of nitriles is 2. The van der Waals surface area contributed by atoms with Crippen LogP contribution in [0.25, 0.3) is 107 Å². The van der Waals surface area contributed by atoms with Crippen LogP contribution in [-0.2, 0) is 0 Å². The minimum Gasteiger partial charge on any atom is -0.309 e. The molecule has 65 heavy (non-hydrogen) atoms. The fourth-order valence-electron chi connectivity index (χ4n) is 8.40. The third-order valence-electron chi connectivity index (χ3n) is 11.5. The van der Waals surface area contributed by atoms with E-state index in [-0.39, 0.29) is 0 Å². The fourth-order valence-corrected chi connectivity index (χ4v) is 8.40. The van der Waals surface area contributed by atoms with Crippen molar-refractivity contribution >= 4 is 21.8 Å². The topological polar surface area (TPSA) is 117 Å². The van der Waals surface area contributed by atoms with E-state index in [0.29, 0.717) is 34.4 Å². The predicted octanol–water partition coefficient (Wildman–Crippen LogP) is 13.2. The van der Waals surface area contributed by atoms with E-state index in [4.69, 9.17) is 24.9 Å². The quantitative estimate of drug-likeness (QED) is 0.150. The number of para-hydroxylation sites is 1. The zero-order valence-corrected chi connectivity index (χ0v) is 34.7. The Kier molecular flexibility index (Phi) is 9.78. The highest BCUT2D eigenvalue weighted by Gasteiger charge is 2.22. The van der Waals surface area contributed by atoms with Gasteiger partial charge in [-0.3, -0.25) is 0 Å². The molecule has 302 valence electrons. The normalized spacial score (nSPS) is 11.0. The van der Waals surface area contributed by atoms with Gasteiger partial charge in [-0.2, -0.15) is 10.5 Å². The molecule has 3 heterocycles. The number of hydrogen-bond donors (Lipinski definition) is 0. The lowest BCUT2D eigenvalue weighted by Gasteiger charge is -2.17. The molecule has 0 aliphatic heterocycles. The van der Waals surface area contributed by atoms with Crippen molar-refractivity contribution in [1.82, 2.24) is 29.5 Å². The summed E-state index contributed by atoms with van der Waals surface area (Å²) in [5.41, 5.74) is 12.2. The first-order chi connectivity index (χ1) is 32.1. The second-order valence-electron chi connectivity index (χ2n) is 15.6. The average Bonchev–Trinajstić information content (AvgIpc) is 3.72. The predicted molar refractivity (Wildman–Crippen MR) is 257 cm³/mol. The van der Waals surface area contributed by atoms with Crippen LogP contribution in [0.15, 0.2) is 206 Å². The molecular formula is C57H34N8. The zero-order valence-electron chi connectivity index (χ0n) is 34.7. The van der Waals surface area contributed by atoms with E-state index < -0.39 is 0 Å². The molecule has 0 saturated carbocycles. The van der Waals surface area contributed by atoms with Crippen molar-refractivity contribution in [2.75, 3.05) is 0 Å². The molecule has 0 aliphatic rings. The summed E-state index contributed by atoms with van der Waals surface area (Å²) in [6.45, 7) is 0. The van der Waals surface area contributed by atoms with Crippen LogP contribution in [-0.4, -0.2) is 29.5 Å². The molecule has 11 aromatic rings. The van der Waals surface area contributed by atoms with Crippen molar-refractivity contribution in [3.63, 3.8) is 0 Å². The molecule has 0 bridgehead atoms. The van der Waals surface area contributed by atoms with E-state index in [1.165, 1.54) is 0 Å². The maximum absolute atomic E-state index is 9.79. The van der Waals surface area contributed by atoms with Crippen LogP contribution in [0.3, 0.4) is 0 Å². The molecular weight excluding hydrogens is 797 g/mol. The molecule has 0 fully saturated rings. The van der Waals surface area contributed by atoms with Gasteiger partial charge in [0, 0.05) is 44.2 Å². The van der Waals surface area contributed by atoms with Gasteiger partial charge in [-0.25, -0.2) is 24.9 Å². The number of aromatic nitrogens is 6. The third kappa shape index (κ3) is 7.34. The minimum atomic E-state index is 0.434. The highest BCUT2D eigenvalue weighted by atomic mass is 15.0. The summed E-state index contributed by atoms with van der Waals surface area (Å²) in [6, 6.07) is 72.9. The van der Waals surface area contributed by atoms with E-state index in [9.17, 15) is 10.5 Å². The van der Waals surface area contributed by atoms with Gasteiger partial charge < -0.3 is 4.57 Å². The Labute approximate surface area is 374 Å². The van der Waals surface area contributed by atoms with Crippen molar-refractivity contribution < 1.29 is 0 Å². The maximum Gasteiger partial charge on any atom is 0.164 e. The highest BCUT2D eigenvalue weighted by molar-refractivity contribution is 6.11. The zero-order chi connectivity index (χ0) is 43.7. The average molecular weight is 831 g/mol. The van der Waals surface area contributed by atoms with Crippen molar-refractivity contribution in [2.45, 2.75) is 0 Å². The minimum absolute atomic E-state index is 0.434. The first-order valence-electron chi connectivity index (χ1n) is 21.1. The molecule has 0 unspecified atom stereocenters. The van der Waals surface area contributed by atoms with Crippen molar-refractivity contribution in [2.24, 2.45) is 0 Å². The van der Waals surface area contributed by atoms with Crippen LogP contribution in [0.1, 0.15) is 11.1 Å². The lowest BCUT2D eigenvalue weighted by molar-refractivity contribution is 1.07. The smallest absolute Gasteiger partial charge is 0.164 e. The molecule has 0 saturated heterocycles. The van der Waals surface area contributed by atoms with E-state index in [0.717, 1.165) is 83.4 Å². The molecule has 8 nitrogen and oxygen atoms in total. The number of hydrogen-bond acceptors (Lipinski definition) is 7. The lowest BCUT2D eigenvalue weighted by Crippen LogP contribution is -2.04. The Morgan fingerprint density at radius 3 is 1.35 bits per heavy atom. The molecule has 8 heteroatoms. The Morgan fingerprint density at radius 1 is 0.323 bits per heavy atom. The van der Waals surface area contributed by atoms with Gasteiger partial charge in [0.15, 0.2) is 23.3 Å². The van der Waals surface area contributed by atoms with E-state index in [1.54, 1.807) is 6.07 Å². The van der Waals surface area contributed by atoms with E-state index in [2.05, 4.69) is 83.4 Å². The third-order valence-corrected chi connectivity index (χ3v) is 11.5. The molecule has 0 N–H and O–H groups in total. The fraction of sp³-hybridized carbons (Fsp3) is 0. The molecule has 8 aromatic carbocycles. The van der Waals surface area contributed by atoms with Gasteiger partial charge in [0.25, 0.3) is 0 Å². The van der Waals surface area contributed by atoms with Gasteiger partial charge in [0.2, 0.25) is 0 Å². The Hall–Kier alpha value is -9.37. The van der Waals surface area contributed by atoms with Crippen LogP contribution < -0.4 is 0 Å². The van der Waals surface area contributed by atoms with Gasteiger partial charge in [-0.1, -0.05) is 146 Å². The molecule has 3 aromatic heterocycles. The van der Waals surface area contributed by atoms with Crippen LogP contribution >= 0.6 is 0 Å². The number of fused-ring (bicyclic) bond motifs is 3. The van der Waals surface area contributed by atoms with Crippen LogP contribution in [0.5, 0.6) is 0 Å². The van der Waals surface area contributed by atoms with Gasteiger partial charge in [-0.05, 0) is 71.8 Å². The Bertz CT molecular complexity index is 3520. The summed E-state index contributed by atoms with van der Waals surface area (Å²) in [7, 11) is 0. The monoisotopic (exact) mass is 830 g/mol. The Morgan fingerprint density at radius 2 is 0.800 bits per heavy atom. The largest absolute Gasteiger partial charge is 0.309 e. The maximum atomic E-state index is 9.79. The number of benzene rings is 8. The second kappa shape index (κ2) is 16.5. The highest BCUT2D eigenvalue weighted by Crippen LogP contribution is 2.40. The van der Waals surface area contributed by atoms with E-state index >= 15 is 0 Å². The number of rotatable bonds is 8. The standard InChI is InChI=1S/C57H34N8/c58-35-37-29-38(36-59)31-45(30-37)43-25-27-52-47(32-43)46-23-13-14-24-51(46)65(52)53-28-26-44(56-63-54(41-19-9-3-10-20-41)62-55(64-56)42-21-11-4-12-22-42)33-48(53)57-60-49(39-15-5-1-6-16-39)34-50(61-57)40-17-7-2-8-18-40/h1-34H. The van der Waals surface area contributed by atoms with Crippen molar-refractivity contribution in [3.8, 4) is 97.0 Å². The first kappa shape index (κ1) is 38.5. The summed E-state index contributed by atoms with van der Waals surface area (Å²) < 4.78 is 2.26. The summed E-state index contributed by atoms with van der Waals surface area (Å²) in [6.07, 6.45) is 0. The molecule has 0 amide bonds. The van der Waals surface area contributed by atoms with Gasteiger partial charge in [0.05, 0.1) is 51.4 Å². The Balaban J connectivity index is 1.19. The van der Waals surface area contributed by atoms with Crippen molar-refractivity contribution in [1.29, 1.82) is 10.5 Å². The van der Waals surface area contributed by atoms with Gasteiger partial charge >= 0.3 is 0 Å². The summed E-state index contributed by atoms with van der Waals surface area (Å²) >= 11 is 0. The molecule has 0 radical (unpaired) electrons. The SMILES string of the molecule is N#Cc1cc(C#N)cc(-c2ccc3c(c2)c2ccccc2n3-c2ccc(-c3nc(-c4ccccc4)nc(-c4ccccc4)n3)cc2-c2nc(-c3ccccc3)cc(-c3ccccc3)n2)c1. The molecule has 0 atom stereocenters. The van der Waals surface area contributed by atoms with Gasteiger partial charge in [-0.15, -0.1) is 0 Å². The van der Waals surface area contributed by atoms with Crippen LogP contribution in [0, 0.1) is 22.7 Å². The van der Waals surface area contributed by atoms with Crippen molar-refractivity contribution in [3.05, 3.63) is 217 Å². The summed E-state index contributed by atoms with van der Waals surface area (Å²) in [5.74, 6) is 2.17. The lowest BCUT2D eigenvalue weighted by atomic mass is 9.99. The summed E-state index contributed by atoms with van der Waals surface area (Å²) in [5, 5.41) is 21.6. The number of nitrogens with zero attached hydrogens (tertiary/aromatic N) is 8. The first-order valence-corrected chi connectivity index (χ1v) is 21.1. The van der Waals surface area contributed by atoms with E-state index in [1.807, 2.05) is 133 Å². The molecule has 11 rings (SSSR count). The molecule has 0 spiro atoms. The summed E-state index contributed by atoms with van der Waals surface area (Å²) in [4.78, 5) is 25.9. The van der Waals surface area contributed by atoms with Crippen LogP contribution in [0.2, 0.25) is 0 Å². The van der Waals surface area contributed by atoms with Gasteiger partial charge in [0.1, 0.15) is 0 Å². The second-order valence-corrected chi connectivity index (χ2v) is 15.6. The molecule has 0 aliphatic carbocycles.